The van der Waals surface area contributed by atoms with Crippen LogP contribution in [0.4, 0.5) is 4.79 Å². The van der Waals surface area contributed by atoms with Gasteiger partial charge in [0.1, 0.15) is 19.2 Å². The molecule has 3 atom stereocenters. The van der Waals surface area contributed by atoms with E-state index in [2.05, 4.69) is 29.6 Å². The first-order valence-corrected chi connectivity index (χ1v) is 11.7. The molecule has 182 valence electrons. The van der Waals surface area contributed by atoms with Crippen molar-refractivity contribution in [3.8, 4) is 11.1 Å². The van der Waals surface area contributed by atoms with Crippen LogP contribution in [0.5, 0.6) is 0 Å². The molecular weight excluding hydrogens is 450 g/mol. The Morgan fingerprint density at radius 2 is 1.69 bits per heavy atom. The van der Waals surface area contributed by atoms with Gasteiger partial charge in [-0.15, -0.1) is 0 Å². The summed E-state index contributed by atoms with van der Waals surface area (Å²) in [5.74, 6) is -2.31. The number of hydrogen-bond acceptors (Lipinski definition) is 5. The highest BCUT2D eigenvalue weighted by molar-refractivity contribution is 5.93. The summed E-state index contributed by atoms with van der Waals surface area (Å²) in [7, 11) is 1.53. The van der Waals surface area contributed by atoms with Crippen LogP contribution >= 0.6 is 0 Å². The van der Waals surface area contributed by atoms with Crippen molar-refractivity contribution in [1.29, 1.82) is 0 Å². The van der Waals surface area contributed by atoms with E-state index >= 15 is 0 Å². The fraction of sp³-hybridized carbons (Fsp3) is 0.385. The second kappa shape index (κ2) is 9.05. The number of nitrogens with zero attached hydrogens (tertiary/aromatic N) is 2. The predicted molar refractivity (Wildman–Crippen MR) is 125 cm³/mol. The second-order valence-corrected chi connectivity index (χ2v) is 9.40. The molecule has 2 aromatic carbocycles. The standard InChI is InChI=1S/C26H27N3O6/c1-28-12-22(25(32)33)29(13-23(28)30)24(31)20-10-15(20)11-27-26(34)35-14-21-18-8-4-2-6-16(18)17-7-3-5-9-19(17)21/h2-9,15,20-22H,10-14H2,1H3,(H,27,34)(H,32,33)/t15-,20-,22?/m0/s1. The Morgan fingerprint density at radius 1 is 1.06 bits per heavy atom. The van der Waals surface area contributed by atoms with Crippen molar-refractivity contribution in [3.05, 3.63) is 59.7 Å². The number of carboxylic acids is 1. The zero-order valence-electron chi connectivity index (χ0n) is 19.3. The molecule has 1 saturated heterocycles. The van der Waals surface area contributed by atoms with Crippen LogP contribution in [-0.2, 0) is 19.1 Å². The Labute approximate surface area is 202 Å². The van der Waals surface area contributed by atoms with E-state index in [9.17, 15) is 24.3 Å². The molecule has 0 aromatic heterocycles. The van der Waals surface area contributed by atoms with Crippen LogP contribution in [0.3, 0.4) is 0 Å². The molecule has 0 radical (unpaired) electrons. The minimum atomic E-state index is -1.13. The van der Waals surface area contributed by atoms with Crippen LogP contribution in [0.25, 0.3) is 11.1 Å². The summed E-state index contributed by atoms with van der Waals surface area (Å²) >= 11 is 0. The number of aliphatic carboxylic acids is 1. The van der Waals surface area contributed by atoms with Crippen molar-refractivity contribution in [2.75, 3.05) is 33.3 Å². The smallest absolute Gasteiger partial charge is 0.407 e. The lowest BCUT2D eigenvalue weighted by atomic mass is 9.98. The fourth-order valence-corrected chi connectivity index (χ4v) is 5.13. The van der Waals surface area contributed by atoms with Crippen molar-refractivity contribution < 1.29 is 29.0 Å². The van der Waals surface area contributed by atoms with Crippen molar-refractivity contribution in [1.82, 2.24) is 15.1 Å². The van der Waals surface area contributed by atoms with Crippen LogP contribution < -0.4 is 5.32 Å². The topological polar surface area (TPSA) is 116 Å². The molecule has 5 rings (SSSR count). The van der Waals surface area contributed by atoms with Gasteiger partial charge in [0.25, 0.3) is 0 Å². The highest BCUT2D eigenvalue weighted by Gasteiger charge is 2.49. The number of rotatable bonds is 6. The first-order chi connectivity index (χ1) is 16.8. The molecule has 1 heterocycles. The summed E-state index contributed by atoms with van der Waals surface area (Å²) in [4.78, 5) is 51.3. The van der Waals surface area contributed by atoms with E-state index in [-0.39, 0.29) is 49.9 Å². The van der Waals surface area contributed by atoms with E-state index in [0.29, 0.717) is 6.42 Å². The SMILES string of the molecule is CN1CC(C(=O)O)N(C(=O)[C@H]2C[C@H]2CNC(=O)OCC2c3ccccc3-c3ccccc32)CC1=O. The van der Waals surface area contributed by atoms with E-state index in [1.807, 2.05) is 24.3 Å². The molecule has 9 nitrogen and oxygen atoms in total. The third-order valence-corrected chi connectivity index (χ3v) is 7.21. The Kier molecular flexibility index (Phi) is 5.92. The van der Waals surface area contributed by atoms with Crippen LogP contribution in [-0.4, -0.2) is 78.1 Å². The number of amides is 3. The molecule has 2 N–H and O–H groups in total. The van der Waals surface area contributed by atoms with Crippen LogP contribution in [0.15, 0.2) is 48.5 Å². The number of fused-ring (bicyclic) bond motifs is 3. The van der Waals surface area contributed by atoms with Crippen LogP contribution in [0.1, 0.15) is 23.5 Å². The number of likely N-dealkylation sites (N-methyl/N-ethyl adjacent to an activating group) is 1. The molecule has 1 unspecified atom stereocenters. The first-order valence-electron chi connectivity index (χ1n) is 11.7. The largest absolute Gasteiger partial charge is 0.480 e. The van der Waals surface area contributed by atoms with E-state index in [1.165, 1.54) is 11.9 Å². The van der Waals surface area contributed by atoms with E-state index in [0.717, 1.165) is 27.2 Å². The van der Waals surface area contributed by atoms with Gasteiger partial charge in [0.2, 0.25) is 11.8 Å². The van der Waals surface area contributed by atoms with Gasteiger partial charge in [-0.1, -0.05) is 48.5 Å². The van der Waals surface area contributed by atoms with Gasteiger partial charge in [0.05, 0.1) is 6.54 Å². The number of carbonyl (C=O) groups is 4. The Balaban J connectivity index is 1.13. The number of piperazine rings is 1. The molecule has 0 spiro atoms. The van der Waals surface area contributed by atoms with Gasteiger partial charge in [0.15, 0.2) is 0 Å². The molecule has 35 heavy (non-hydrogen) atoms. The van der Waals surface area contributed by atoms with Gasteiger partial charge in [-0.25, -0.2) is 9.59 Å². The van der Waals surface area contributed by atoms with Crippen molar-refractivity contribution in [3.63, 3.8) is 0 Å². The number of hydrogen-bond donors (Lipinski definition) is 2. The van der Waals surface area contributed by atoms with E-state index < -0.39 is 24.0 Å². The summed E-state index contributed by atoms with van der Waals surface area (Å²) in [5.41, 5.74) is 4.56. The maximum atomic E-state index is 12.9. The minimum absolute atomic E-state index is 0.0324. The summed E-state index contributed by atoms with van der Waals surface area (Å²) in [6.45, 7) is 0.188. The number of carboxylic acid groups (broad SMARTS) is 1. The molecule has 0 bridgehead atoms. The summed E-state index contributed by atoms with van der Waals surface area (Å²) in [6, 6.07) is 15.1. The van der Waals surface area contributed by atoms with E-state index in [1.54, 1.807) is 0 Å². The number of ether oxygens (including phenoxy) is 1. The highest BCUT2D eigenvalue weighted by Crippen LogP contribution is 2.44. The lowest BCUT2D eigenvalue weighted by Gasteiger charge is -2.37. The van der Waals surface area contributed by atoms with Gasteiger partial charge in [-0.2, -0.15) is 0 Å². The fourth-order valence-electron chi connectivity index (χ4n) is 5.13. The zero-order chi connectivity index (χ0) is 24.7. The summed E-state index contributed by atoms with van der Waals surface area (Å²) in [5, 5.41) is 12.2. The van der Waals surface area contributed by atoms with Crippen molar-refractivity contribution in [2.45, 2.75) is 18.4 Å². The lowest BCUT2D eigenvalue weighted by Crippen LogP contribution is -2.60. The third-order valence-electron chi connectivity index (χ3n) is 7.21. The Hall–Kier alpha value is -3.88. The molecule has 1 saturated carbocycles. The van der Waals surface area contributed by atoms with Gasteiger partial charge in [0, 0.05) is 25.4 Å². The molecule has 1 aliphatic heterocycles. The zero-order valence-corrected chi connectivity index (χ0v) is 19.3. The minimum Gasteiger partial charge on any atom is -0.480 e. The average molecular weight is 478 g/mol. The Morgan fingerprint density at radius 3 is 2.31 bits per heavy atom. The molecule has 9 heteroatoms. The van der Waals surface area contributed by atoms with Crippen LogP contribution in [0.2, 0.25) is 0 Å². The number of benzene rings is 2. The average Bonchev–Trinajstić information content (AvgIpc) is 3.57. The first kappa shape index (κ1) is 22.9. The van der Waals surface area contributed by atoms with Gasteiger partial charge in [-0.05, 0) is 34.6 Å². The molecule has 3 aliphatic rings. The monoisotopic (exact) mass is 477 g/mol. The molecule has 3 amide bonds. The molecule has 2 aliphatic carbocycles. The summed E-state index contributed by atoms with van der Waals surface area (Å²) in [6.07, 6.45) is -0.0156. The normalized spacial score (nSPS) is 22.9. The van der Waals surface area contributed by atoms with Gasteiger partial charge in [-0.3, -0.25) is 9.59 Å². The van der Waals surface area contributed by atoms with E-state index in [4.69, 9.17) is 4.74 Å². The maximum absolute atomic E-state index is 12.9. The number of alkyl carbamates (subject to hydrolysis) is 1. The van der Waals surface area contributed by atoms with Gasteiger partial charge < -0.3 is 25.0 Å². The predicted octanol–water partition coefficient (Wildman–Crippen LogP) is 1.91. The van der Waals surface area contributed by atoms with Gasteiger partial charge >= 0.3 is 12.1 Å². The number of nitrogens with one attached hydrogen (secondary N) is 1. The third kappa shape index (κ3) is 4.34. The molecule has 2 fully saturated rings. The van der Waals surface area contributed by atoms with Crippen molar-refractivity contribution in [2.24, 2.45) is 11.8 Å². The Bertz CT molecular complexity index is 1150. The van der Waals surface area contributed by atoms with Crippen molar-refractivity contribution >= 4 is 23.9 Å². The highest BCUT2D eigenvalue weighted by atomic mass is 16.5. The molecule has 2 aromatic rings. The lowest BCUT2D eigenvalue weighted by molar-refractivity contribution is -0.159. The summed E-state index contributed by atoms with van der Waals surface area (Å²) < 4.78 is 5.53. The van der Waals surface area contributed by atoms with Crippen LogP contribution in [0, 0.1) is 11.8 Å². The maximum Gasteiger partial charge on any atom is 0.407 e. The number of carbonyl (C=O) groups excluding carboxylic acids is 3. The second-order valence-electron chi connectivity index (χ2n) is 9.40. The molecular formula is C26H27N3O6. The quantitative estimate of drug-likeness (QED) is 0.657.